The summed E-state index contributed by atoms with van der Waals surface area (Å²) in [5, 5.41) is 13.5. The van der Waals surface area contributed by atoms with Crippen molar-refractivity contribution in [3.63, 3.8) is 0 Å². The topological polar surface area (TPSA) is 82.0 Å². The number of nitrogens with zero attached hydrogens (tertiary/aromatic N) is 2. The first kappa shape index (κ1) is 17.3. The molecule has 0 spiro atoms. The fraction of sp³-hybridized carbons (Fsp3) is 0.118. The average molecular weight is 329 g/mol. The van der Waals surface area contributed by atoms with Crippen molar-refractivity contribution in [2.45, 2.75) is 6.92 Å². The van der Waals surface area contributed by atoms with E-state index in [2.05, 4.69) is 5.10 Å². The lowest BCUT2D eigenvalue weighted by molar-refractivity contribution is 0.0705. The summed E-state index contributed by atoms with van der Waals surface area (Å²) < 4.78 is 13.9. The zero-order valence-electron chi connectivity index (χ0n) is 13.2. The number of rotatable bonds is 4. The molecule has 7 heteroatoms. The Kier molecular flexibility index (Phi) is 5.39. The van der Waals surface area contributed by atoms with Gasteiger partial charge in [-0.25, -0.2) is 14.9 Å². The van der Waals surface area contributed by atoms with E-state index in [0.717, 1.165) is 16.6 Å². The molecule has 0 aliphatic heterocycles. The molecule has 0 aromatic heterocycles. The smallest absolute Gasteiger partial charge is 0.274 e. The highest BCUT2D eigenvalue weighted by molar-refractivity contribution is 5.95. The summed E-state index contributed by atoms with van der Waals surface area (Å²) in [6, 6.07) is 10.6. The lowest BCUT2D eigenvalue weighted by Crippen LogP contribution is -2.21. The van der Waals surface area contributed by atoms with Gasteiger partial charge in [0.05, 0.1) is 6.21 Å². The quantitative estimate of drug-likeness (QED) is 0.513. The minimum atomic E-state index is -0.816. The van der Waals surface area contributed by atoms with E-state index in [-0.39, 0.29) is 17.0 Å². The third-order valence-corrected chi connectivity index (χ3v) is 3.33. The Bertz CT molecular complexity index is 788. The second-order valence-corrected chi connectivity index (χ2v) is 5.12. The second kappa shape index (κ2) is 7.47. The number of hydrogen-bond donors (Lipinski definition) is 2. The molecule has 6 nitrogen and oxygen atoms in total. The number of hydroxylamine groups is 1. The number of hydrogen-bond acceptors (Lipinski definition) is 4. The summed E-state index contributed by atoms with van der Waals surface area (Å²) in [6.07, 6.45) is 1.18. The van der Waals surface area contributed by atoms with Crippen molar-refractivity contribution in [2.24, 2.45) is 5.10 Å². The zero-order chi connectivity index (χ0) is 17.7. The number of hydrazone groups is 1. The van der Waals surface area contributed by atoms with Crippen LogP contribution < -0.4 is 5.48 Å². The SMILES string of the molecule is Cc1ccc(C(=O)N(C)/N=C/c2ccc(C(=O)NO)cc2F)cc1. The van der Waals surface area contributed by atoms with Crippen LogP contribution in [-0.4, -0.2) is 35.3 Å². The molecule has 0 aliphatic carbocycles. The molecular formula is C17H16FN3O3. The number of carbonyl (C=O) groups is 2. The van der Waals surface area contributed by atoms with E-state index in [1.807, 2.05) is 19.1 Å². The predicted octanol–water partition coefficient (Wildman–Crippen LogP) is 2.36. The molecule has 0 fully saturated rings. The Morgan fingerprint density at radius 2 is 1.79 bits per heavy atom. The minimum Gasteiger partial charge on any atom is -0.288 e. The fourth-order valence-corrected chi connectivity index (χ4v) is 1.92. The van der Waals surface area contributed by atoms with Crippen LogP contribution in [0, 0.1) is 12.7 Å². The van der Waals surface area contributed by atoms with Gasteiger partial charge >= 0.3 is 0 Å². The van der Waals surface area contributed by atoms with E-state index < -0.39 is 11.7 Å². The maximum absolute atomic E-state index is 13.9. The largest absolute Gasteiger partial charge is 0.288 e. The molecule has 0 bridgehead atoms. The summed E-state index contributed by atoms with van der Waals surface area (Å²) in [4.78, 5) is 23.4. The first-order valence-electron chi connectivity index (χ1n) is 7.05. The molecule has 0 saturated carbocycles. The number of amides is 2. The first-order valence-corrected chi connectivity index (χ1v) is 7.05. The average Bonchev–Trinajstić information content (AvgIpc) is 2.59. The van der Waals surface area contributed by atoms with E-state index in [0.29, 0.717) is 5.56 Å². The standard InChI is InChI=1S/C17H16FN3O3/c1-11-3-5-12(6-4-11)17(23)21(2)19-10-14-8-7-13(9-15(14)18)16(22)20-24/h3-10,24H,1-2H3,(H,20,22)/b19-10+. The van der Waals surface area contributed by atoms with Gasteiger partial charge in [-0.05, 0) is 37.3 Å². The van der Waals surface area contributed by atoms with Crippen LogP contribution in [0.25, 0.3) is 0 Å². The van der Waals surface area contributed by atoms with Gasteiger partial charge in [0, 0.05) is 23.7 Å². The van der Waals surface area contributed by atoms with Gasteiger partial charge in [-0.15, -0.1) is 0 Å². The second-order valence-electron chi connectivity index (χ2n) is 5.12. The minimum absolute atomic E-state index is 0.0313. The zero-order valence-corrected chi connectivity index (χ0v) is 13.2. The monoisotopic (exact) mass is 329 g/mol. The van der Waals surface area contributed by atoms with Crippen molar-refractivity contribution in [3.05, 3.63) is 70.5 Å². The summed E-state index contributed by atoms with van der Waals surface area (Å²) in [7, 11) is 1.46. The molecule has 0 unspecified atom stereocenters. The van der Waals surface area contributed by atoms with Gasteiger partial charge < -0.3 is 0 Å². The number of aryl methyl sites for hydroxylation is 1. The highest BCUT2D eigenvalue weighted by atomic mass is 19.1. The van der Waals surface area contributed by atoms with Gasteiger partial charge in [-0.1, -0.05) is 17.7 Å². The highest BCUT2D eigenvalue weighted by Gasteiger charge is 2.11. The van der Waals surface area contributed by atoms with E-state index >= 15 is 0 Å². The predicted molar refractivity (Wildman–Crippen MR) is 86.5 cm³/mol. The van der Waals surface area contributed by atoms with Crippen molar-refractivity contribution in [1.82, 2.24) is 10.5 Å². The summed E-state index contributed by atoms with van der Waals surface area (Å²) in [5.41, 5.74) is 3.00. The van der Waals surface area contributed by atoms with Crippen molar-refractivity contribution >= 4 is 18.0 Å². The molecular weight excluding hydrogens is 313 g/mol. The maximum Gasteiger partial charge on any atom is 0.274 e. The molecule has 0 saturated heterocycles. The van der Waals surface area contributed by atoms with Gasteiger partial charge in [0.2, 0.25) is 0 Å². The van der Waals surface area contributed by atoms with Gasteiger partial charge in [-0.2, -0.15) is 5.10 Å². The molecule has 0 radical (unpaired) electrons. The molecule has 24 heavy (non-hydrogen) atoms. The molecule has 0 atom stereocenters. The maximum atomic E-state index is 13.9. The van der Waals surface area contributed by atoms with Crippen LogP contribution in [0.1, 0.15) is 31.8 Å². The molecule has 2 aromatic rings. The van der Waals surface area contributed by atoms with Crippen LogP contribution in [0.5, 0.6) is 0 Å². The van der Waals surface area contributed by atoms with Crippen molar-refractivity contribution < 1.29 is 19.2 Å². The van der Waals surface area contributed by atoms with Crippen molar-refractivity contribution in [2.75, 3.05) is 7.05 Å². The van der Waals surface area contributed by atoms with Crippen LogP contribution in [0.2, 0.25) is 0 Å². The van der Waals surface area contributed by atoms with E-state index in [9.17, 15) is 14.0 Å². The molecule has 124 valence electrons. The molecule has 2 rings (SSSR count). The number of nitrogens with one attached hydrogen (secondary N) is 1. The normalized spacial score (nSPS) is 10.7. The summed E-state index contributed by atoms with van der Waals surface area (Å²) in [5.74, 6) is -1.84. The Morgan fingerprint density at radius 1 is 1.17 bits per heavy atom. The van der Waals surface area contributed by atoms with E-state index in [1.54, 1.807) is 12.1 Å². The van der Waals surface area contributed by atoms with Gasteiger partial charge in [0.25, 0.3) is 11.8 Å². The molecule has 0 heterocycles. The fourth-order valence-electron chi connectivity index (χ4n) is 1.92. The third kappa shape index (κ3) is 4.02. The lowest BCUT2D eigenvalue weighted by atomic mass is 10.1. The first-order chi connectivity index (χ1) is 11.4. The number of halogens is 1. The van der Waals surface area contributed by atoms with Crippen molar-refractivity contribution in [3.8, 4) is 0 Å². The highest BCUT2D eigenvalue weighted by Crippen LogP contribution is 2.10. The summed E-state index contributed by atoms with van der Waals surface area (Å²) in [6.45, 7) is 1.92. The van der Waals surface area contributed by atoms with Gasteiger partial charge in [0.15, 0.2) is 0 Å². The Morgan fingerprint density at radius 3 is 2.38 bits per heavy atom. The van der Waals surface area contributed by atoms with Gasteiger partial charge in [-0.3, -0.25) is 14.8 Å². The Balaban J connectivity index is 2.13. The van der Waals surface area contributed by atoms with E-state index in [4.69, 9.17) is 5.21 Å². The Labute approximate surface area is 138 Å². The summed E-state index contributed by atoms with van der Waals surface area (Å²) >= 11 is 0. The van der Waals surface area contributed by atoms with Crippen LogP contribution in [0.3, 0.4) is 0 Å². The van der Waals surface area contributed by atoms with Crippen molar-refractivity contribution in [1.29, 1.82) is 0 Å². The van der Waals surface area contributed by atoms with Crippen LogP contribution in [0.15, 0.2) is 47.6 Å². The van der Waals surface area contributed by atoms with E-state index in [1.165, 1.54) is 30.9 Å². The number of benzene rings is 2. The lowest BCUT2D eigenvalue weighted by Gasteiger charge is -2.11. The molecule has 0 aliphatic rings. The van der Waals surface area contributed by atoms with Crippen LogP contribution in [0.4, 0.5) is 4.39 Å². The van der Waals surface area contributed by atoms with Crippen LogP contribution >= 0.6 is 0 Å². The Hall–Kier alpha value is -3.06. The molecule has 2 amide bonds. The molecule has 2 N–H and O–H groups in total. The number of carbonyl (C=O) groups excluding carboxylic acids is 2. The van der Waals surface area contributed by atoms with Gasteiger partial charge in [0.1, 0.15) is 5.82 Å². The molecule has 2 aromatic carbocycles. The van der Waals surface area contributed by atoms with Crippen LogP contribution in [-0.2, 0) is 0 Å². The third-order valence-electron chi connectivity index (χ3n) is 3.33.